The molecule has 64 valence electrons. The van der Waals surface area contributed by atoms with Gasteiger partial charge in [-0.1, -0.05) is 0 Å². The molecule has 1 aromatic rings. The number of rotatable bonds is 3. The first-order valence-electron chi connectivity index (χ1n) is 3.87. The number of hydrogen-bond acceptors (Lipinski definition) is 3. The SMILES string of the molecule is Cc1ccn(CCC(N)C#N)n1. The van der Waals surface area contributed by atoms with Gasteiger partial charge in [0.25, 0.3) is 0 Å². The maximum atomic E-state index is 8.41. The molecule has 0 radical (unpaired) electrons. The molecule has 1 atom stereocenters. The van der Waals surface area contributed by atoms with Crippen LogP contribution in [0.15, 0.2) is 12.3 Å². The van der Waals surface area contributed by atoms with E-state index in [2.05, 4.69) is 5.10 Å². The predicted molar refractivity (Wildman–Crippen MR) is 45.2 cm³/mol. The number of nitriles is 1. The summed E-state index contributed by atoms with van der Waals surface area (Å²) in [5.74, 6) is 0. The van der Waals surface area contributed by atoms with E-state index in [0.717, 1.165) is 5.69 Å². The first-order valence-corrected chi connectivity index (χ1v) is 3.87. The molecule has 1 aromatic heterocycles. The Labute approximate surface area is 71.6 Å². The lowest BCUT2D eigenvalue weighted by Crippen LogP contribution is -2.19. The van der Waals surface area contributed by atoms with Crippen LogP contribution in [0.2, 0.25) is 0 Å². The van der Waals surface area contributed by atoms with E-state index in [-0.39, 0.29) is 6.04 Å². The quantitative estimate of drug-likeness (QED) is 0.704. The second-order valence-electron chi connectivity index (χ2n) is 2.74. The van der Waals surface area contributed by atoms with Gasteiger partial charge < -0.3 is 5.73 Å². The van der Waals surface area contributed by atoms with Gasteiger partial charge in [0.2, 0.25) is 0 Å². The van der Waals surface area contributed by atoms with E-state index >= 15 is 0 Å². The highest BCUT2D eigenvalue weighted by molar-refractivity contribution is 4.95. The molecule has 0 fully saturated rings. The van der Waals surface area contributed by atoms with Crippen molar-refractivity contribution in [2.45, 2.75) is 25.9 Å². The average molecular weight is 164 g/mol. The standard InChI is InChI=1S/C8H12N4/c1-7-2-4-12(11-7)5-3-8(10)6-9/h2,4,8H,3,5,10H2,1H3. The molecule has 4 nitrogen and oxygen atoms in total. The van der Waals surface area contributed by atoms with Crippen LogP contribution in [0.1, 0.15) is 12.1 Å². The van der Waals surface area contributed by atoms with E-state index in [4.69, 9.17) is 11.0 Å². The lowest BCUT2D eigenvalue weighted by molar-refractivity contribution is 0.551. The van der Waals surface area contributed by atoms with Crippen molar-refractivity contribution in [2.75, 3.05) is 0 Å². The lowest BCUT2D eigenvalue weighted by Gasteiger charge is -2.01. The first kappa shape index (κ1) is 8.75. The van der Waals surface area contributed by atoms with E-state index in [1.807, 2.05) is 25.3 Å². The summed E-state index contributed by atoms with van der Waals surface area (Å²) in [6.07, 6.45) is 2.54. The Kier molecular flexibility index (Phi) is 2.83. The molecule has 0 aromatic carbocycles. The molecule has 0 bridgehead atoms. The third-order valence-electron chi connectivity index (χ3n) is 1.61. The van der Waals surface area contributed by atoms with Crippen LogP contribution >= 0.6 is 0 Å². The van der Waals surface area contributed by atoms with E-state index in [0.29, 0.717) is 13.0 Å². The highest BCUT2D eigenvalue weighted by Gasteiger charge is 2.00. The van der Waals surface area contributed by atoms with Crippen LogP contribution in [0.4, 0.5) is 0 Å². The van der Waals surface area contributed by atoms with Gasteiger partial charge in [0.1, 0.15) is 0 Å². The minimum atomic E-state index is -0.380. The van der Waals surface area contributed by atoms with E-state index in [1.165, 1.54) is 0 Å². The summed E-state index contributed by atoms with van der Waals surface area (Å²) < 4.78 is 1.80. The molecule has 0 saturated heterocycles. The molecular weight excluding hydrogens is 152 g/mol. The monoisotopic (exact) mass is 164 g/mol. The van der Waals surface area contributed by atoms with Crippen molar-refractivity contribution < 1.29 is 0 Å². The molecule has 0 saturated carbocycles. The van der Waals surface area contributed by atoms with Crippen LogP contribution in [-0.2, 0) is 6.54 Å². The molecule has 0 aliphatic carbocycles. The average Bonchev–Trinajstić information content (AvgIpc) is 2.47. The number of aryl methyl sites for hydroxylation is 2. The van der Waals surface area contributed by atoms with Gasteiger partial charge in [-0.05, 0) is 19.4 Å². The normalized spacial score (nSPS) is 12.4. The van der Waals surface area contributed by atoms with Gasteiger partial charge in [-0.15, -0.1) is 0 Å². The molecule has 1 rings (SSSR count). The third kappa shape index (κ3) is 2.36. The second-order valence-corrected chi connectivity index (χ2v) is 2.74. The summed E-state index contributed by atoms with van der Waals surface area (Å²) in [5.41, 5.74) is 6.41. The van der Waals surface area contributed by atoms with Gasteiger partial charge in [-0.3, -0.25) is 4.68 Å². The van der Waals surface area contributed by atoms with E-state index < -0.39 is 0 Å². The van der Waals surface area contributed by atoms with Gasteiger partial charge >= 0.3 is 0 Å². The molecular formula is C8H12N4. The molecule has 2 N–H and O–H groups in total. The van der Waals surface area contributed by atoms with Crippen molar-refractivity contribution in [3.8, 4) is 6.07 Å². The molecule has 1 unspecified atom stereocenters. The summed E-state index contributed by atoms with van der Waals surface area (Å²) in [4.78, 5) is 0. The molecule has 1 heterocycles. The number of hydrogen-bond donors (Lipinski definition) is 1. The molecule has 4 heteroatoms. The van der Waals surface area contributed by atoms with E-state index in [1.54, 1.807) is 4.68 Å². The summed E-state index contributed by atoms with van der Waals surface area (Å²) in [5, 5.41) is 12.6. The summed E-state index contributed by atoms with van der Waals surface area (Å²) in [6.45, 7) is 2.64. The number of nitrogens with zero attached hydrogens (tertiary/aromatic N) is 3. The van der Waals surface area contributed by atoms with Crippen molar-refractivity contribution >= 4 is 0 Å². The molecule has 0 aliphatic heterocycles. The fourth-order valence-corrected chi connectivity index (χ4v) is 0.924. The summed E-state index contributed by atoms with van der Waals surface area (Å²) in [7, 11) is 0. The topological polar surface area (TPSA) is 67.6 Å². The Morgan fingerprint density at radius 3 is 3.08 bits per heavy atom. The van der Waals surface area contributed by atoms with Crippen molar-refractivity contribution in [3.63, 3.8) is 0 Å². The zero-order chi connectivity index (χ0) is 8.97. The van der Waals surface area contributed by atoms with Crippen LogP contribution in [0, 0.1) is 18.3 Å². The zero-order valence-corrected chi connectivity index (χ0v) is 7.07. The fraction of sp³-hybridized carbons (Fsp3) is 0.500. The predicted octanol–water partition coefficient (Wildman–Crippen LogP) is 0.432. The minimum Gasteiger partial charge on any atom is -0.316 e. The van der Waals surface area contributed by atoms with Crippen LogP contribution in [0.5, 0.6) is 0 Å². The highest BCUT2D eigenvalue weighted by Crippen LogP contribution is 1.95. The molecule has 0 aliphatic rings. The van der Waals surface area contributed by atoms with Crippen LogP contribution < -0.4 is 5.73 Å². The van der Waals surface area contributed by atoms with Crippen molar-refractivity contribution in [1.29, 1.82) is 5.26 Å². The van der Waals surface area contributed by atoms with Crippen molar-refractivity contribution in [1.82, 2.24) is 9.78 Å². The Balaban J connectivity index is 2.39. The summed E-state index contributed by atoms with van der Waals surface area (Å²) in [6, 6.07) is 3.53. The lowest BCUT2D eigenvalue weighted by atomic mass is 10.2. The second kappa shape index (κ2) is 3.88. The smallest absolute Gasteiger partial charge is 0.0945 e. The fourth-order valence-electron chi connectivity index (χ4n) is 0.924. The highest BCUT2D eigenvalue weighted by atomic mass is 15.3. The van der Waals surface area contributed by atoms with Crippen LogP contribution in [0.3, 0.4) is 0 Å². The summed E-state index contributed by atoms with van der Waals surface area (Å²) >= 11 is 0. The zero-order valence-electron chi connectivity index (χ0n) is 7.07. The first-order chi connectivity index (χ1) is 5.72. The van der Waals surface area contributed by atoms with Gasteiger partial charge in [0, 0.05) is 12.7 Å². The minimum absolute atomic E-state index is 0.380. The van der Waals surface area contributed by atoms with Gasteiger partial charge in [0.05, 0.1) is 17.8 Å². The Morgan fingerprint density at radius 2 is 2.58 bits per heavy atom. The van der Waals surface area contributed by atoms with E-state index in [9.17, 15) is 0 Å². The number of aromatic nitrogens is 2. The van der Waals surface area contributed by atoms with Crippen LogP contribution in [0.25, 0.3) is 0 Å². The van der Waals surface area contributed by atoms with Crippen molar-refractivity contribution in [2.24, 2.45) is 5.73 Å². The maximum Gasteiger partial charge on any atom is 0.0945 e. The van der Waals surface area contributed by atoms with Gasteiger partial charge in [-0.25, -0.2) is 0 Å². The van der Waals surface area contributed by atoms with Gasteiger partial charge in [-0.2, -0.15) is 10.4 Å². The largest absolute Gasteiger partial charge is 0.316 e. The molecule has 0 amide bonds. The molecule has 12 heavy (non-hydrogen) atoms. The van der Waals surface area contributed by atoms with Crippen molar-refractivity contribution in [3.05, 3.63) is 18.0 Å². The Morgan fingerprint density at radius 1 is 1.83 bits per heavy atom. The molecule has 0 spiro atoms. The number of nitrogens with two attached hydrogens (primary N) is 1. The third-order valence-corrected chi connectivity index (χ3v) is 1.61. The maximum absolute atomic E-state index is 8.41. The Hall–Kier alpha value is -1.34. The van der Waals surface area contributed by atoms with Gasteiger partial charge in [0.15, 0.2) is 0 Å². The Bertz CT molecular complexity index is 283. The van der Waals surface area contributed by atoms with Crippen LogP contribution in [-0.4, -0.2) is 15.8 Å².